The number of para-hydroxylation sites is 1. The summed E-state index contributed by atoms with van der Waals surface area (Å²) in [6, 6.07) is 16.8. The van der Waals surface area contributed by atoms with E-state index in [-0.39, 0.29) is 18.8 Å². The molecule has 3 aromatic rings. The van der Waals surface area contributed by atoms with E-state index < -0.39 is 0 Å². The lowest BCUT2D eigenvalue weighted by Gasteiger charge is -2.24. The fourth-order valence-electron chi connectivity index (χ4n) is 3.94. The average molecular weight is 344 g/mol. The maximum Gasteiger partial charge on any atom is 0.495 e. The molecule has 1 saturated heterocycles. The fraction of sp³-hybridized carbons (Fsp3) is 0.273. The minimum Gasteiger partial charge on any atom is -0.456 e. The predicted molar refractivity (Wildman–Crippen MR) is 105 cm³/mol. The zero-order valence-corrected chi connectivity index (χ0v) is 15.5. The lowest BCUT2D eigenvalue weighted by Crippen LogP contribution is -2.35. The Morgan fingerprint density at radius 1 is 1.00 bits per heavy atom. The lowest BCUT2D eigenvalue weighted by molar-refractivity contribution is 0.0842. The molecular weight excluding hydrogens is 323 g/mol. The summed E-state index contributed by atoms with van der Waals surface area (Å²) < 4.78 is 18.7. The number of hydrogen-bond acceptors (Lipinski definition) is 3. The van der Waals surface area contributed by atoms with Gasteiger partial charge in [-0.1, -0.05) is 42.5 Å². The van der Waals surface area contributed by atoms with Gasteiger partial charge in [-0.2, -0.15) is 0 Å². The van der Waals surface area contributed by atoms with Gasteiger partial charge in [0.1, 0.15) is 11.5 Å². The smallest absolute Gasteiger partial charge is 0.456 e. The van der Waals surface area contributed by atoms with Crippen LogP contribution >= 0.6 is 0 Å². The van der Waals surface area contributed by atoms with Gasteiger partial charge in [0.25, 0.3) is 0 Å². The second kappa shape index (κ2) is 5.35. The Morgan fingerprint density at radius 2 is 1.77 bits per heavy atom. The Kier molecular flexibility index (Phi) is 3.28. The van der Waals surface area contributed by atoms with E-state index in [1.54, 1.807) is 0 Å². The number of hydrogen-bond donors (Lipinski definition) is 0. The minimum atomic E-state index is -0.361. The molecule has 1 fully saturated rings. The molecule has 0 radical (unpaired) electrons. The number of benzene rings is 3. The van der Waals surface area contributed by atoms with Crippen LogP contribution < -0.4 is 10.2 Å². The molecule has 4 heteroatoms. The first-order chi connectivity index (χ1) is 12.5. The summed E-state index contributed by atoms with van der Waals surface area (Å²) in [6.45, 7) is 8.31. The van der Waals surface area contributed by atoms with Gasteiger partial charge in [-0.05, 0) is 55.7 Å². The van der Waals surface area contributed by atoms with E-state index in [1.807, 2.05) is 12.1 Å². The van der Waals surface area contributed by atoms with Crippen LogP contribution in [0.3, 0.4) is 0 Å². The van der Waals surface area contributed by atoms with E-state index in [1.165, 1.54) is 5.56 Å². The predicted octanol–water partition coefficient (Wildman–Crippen LogP) is 4.83. The van der Waals surface area contributed by atoms with Crippen molar-refractivity contribution in [3.8, 4) is 22.6 Å². The van der Waals surface area contributed by atoms with Gasteiger partial charge in [0.05, 0.1) is 11.7 Å². The quantitative estimate of drug-likeness (QED) is 0.463. The summed E-state index contributed by atoms with van der Waals surface area (Å²) in [5.74, 6) is 1.84. The molecule has 0 N–H and O–H groups in total. The molecule has 1 unspecified atom stereocenters. The molecule has 0 amide bonds. The van der Waals surface area contributed by atoms with Crippen LogP contribution in [0.1, 0.15) is 26.3 Å². The highest BCUT2D eigenvalue weighted by Gasteiger charge is 2.45. The van der Waals surface area contributed by atoms with Crippen LogP contribution in [0.15, 0.2) is 48.5 Å². The average Bonchev–Trinajstić information content (AvgIpc) is 2.90. The fourth-order valence-corrected chi connectivity index (χ4v) is 3.94. The highest BCUT2D eigenvalue weighted by atomic mass is 16.7. The van der Waals surface area contributed by atoms with Gasteiger partial charge in [0, 0.05) is 10.9 Å². The number of ether oxygens (including phenoxy) is 1. The summed E-state index contributed by atoms with van der Waals surface area (Å²) >= 11 is 0. The molecule has 2 aliphatic rings. The van der Waals surface area contributed by atoms with Crippen molar-refractivity contribution in [1.82, 2.24) is 0 Å². The zero-order valence-electron chi connectivity index (χ0n) is 15.5. The van der Waals surface area contributed by atoms with Crippen molar-refractivity contribution in [2.75, 3.05) is 0 Å². The Bertz CT molecular complexity index is 1040. The molecule has 130 valence electrons. The second-order valence-electron chi connectivity index (χ2n) is 7.77. The molecule has 3 nitrogen and oxygen atoms in total. The van der Waals surface area contributed by atoms with E-state index in [2.05, 4.69) is 64.1 Å². The van der Waals surface area contributed by atoms with Crippen molar-refractivity contribution < 1.29 is 14.0 Å². The van der Waals surface area contributed by atoms with Crippen molar-refractivity contribution in [2.45, 2.75) is 39.4 Å². The minimum absolute atomic E-state index is 0.0376. The molecule has 3 aromatic carbocycles. The molecule has 0 aliphatic carbocycles. The van der Waals surface area contributed by atoms with Gasteiger partial charge < -0.3 is 14.0 Å². The van der Waals surface area contributed by atoms with E-state index in [0.29, 0.717) is 0 Å². The molecule has 0 spiro atoms. The molecule has 2 aliphatic heterocycles. The van der Waals surface area contributed by atoms with Gasteiger partial charge in [-0.15, -0.1) is 0 Å². The van der Waals surface area contributed by atoms with E-state index >= 15 is 0 Å². The van der Waals surface area contributed by atoms with Crippen LogP contribution in [-0.4, -0.2) is 18.8 Å². The third kappa shape index (κ3) is 2.16. The van der Waals surface area contributed by atoms with Gasteiger partial charge in [0.15, 0.2) is 0 Å². The molecule has 1 atom stereocenters. The van der Waals surface area contributed by atoms with Gasteiger partial charge in [-0.3, -0.25) is 0 Å². The summed E-state index contributed by atoms with van der Waals surface area (Å²) in [5, 5.41) is 2.28. The SMILES string of the molecule is Cc1cc(B2OC(C)C(C)(C)O2)c2cccc3c2c1Oc1ccccc1-3. The normalized spacial score (nSPS) is 20.2. The third-order valence-corrected chi connectivity index (χ3v) is 5.69. The zero-order chi connectivity index (χ0) is 18.1. The molecule has 0 bridgehead atoms. The Hall–Kier alpha value is -2.30. The standard InChI is InChI=1S/C22H21BO3/c1-13-12-18(23-25-14(2)22(3,4)26-23)17-10-7-9-16-15-8-5-6-11-19(15)24-21(13)20(16)17/h5-12,14H,1-4H3. The van der Waals surface area contributed by atoms with Crippen LogP contribution in [0.4, 0.5) is 0 Å². The maximum absolute atomic E-state index is 6.28. The number of rotatable bonds is 1. The van der Waals surface area contributed by atoms with Gasteiger partial charge >= 0.3 is 7.12 Å². The molecule has 5 rings (SSSR count). The van der Waals surface area contributed by atoms with Crippen molar-refractivity contribution in [2.24, 2.45) is 0 Å². The highest BCUT2D eigenvalue weighted by Crippen LogP contribution is 2.47. The topological polar surface area (TPSA) is 27.7 Å². The number of aryl methyl sites for hydroxylation is 1. The Morgan fingerprint density at radius 3 is 2.54 bits per heavy atom. The molecular formula is C22H21BO3. The Labute approximate surface area is 154 Å². The second-order valence-corrected chi connectivity index (χ2v) is 7.77. The number of fused-ring (bicyclic) bond motifs is 2. The van der Waals surface area contributed by atoms with Crippen molar-refractivity contribution in [3.05, 3.63) is 54.1 Å². The van der Waals surface area contributed by atoms with E-state index in [0.717, 1.165) is 38.9 Å². The van der Waals surface area contributed by atoms with Crippen LogP contribution in [0.25, 0.3) is 21.9 Å². The molecule has 26 heavy (non-hydrogen) atoms. The van der Waals surface area contributed by atoms with Gasteiger partial charge in [-0.25, -0.2) is 0 Å². The molecule has 0 saturated carbocycles. The molecule has 2 heterocycles. The first-order valence-corrected chi connectivity index (χ1v) is 9.12. The lowest BCUT2D eigenvalue weighted by atomic mass is 9.74. The van der Waals surface area contributed by atoms with Crippen molar-refractivity contribution in [3.63, 3.8) is 0 Å². The monoisotopic (exact) mass is 344 g/mol. The molecule has 0 aromatic heterocycles. The highest BCUT2D eigenvalue weighted by molar-refractivity contribution is 6.65. The largest absolute Gasteiger partial charge is 0.495 e. The van der Waals surface area contributed by atoms with Crippen LogP contribution in [0.2, 0.25) is 0 Å². The summed E-state index contributed by atoms with van der Waals surface area (Å²) in [6.07, 6.45) is 0.0376. The van der Waals surface area contributed by atoms with Crippen LogP contribution in [0, 0.1) is 6.92 Å². The first kappa shape index (κ1) is 15.9. The van der Waals surface area contributed by atoms with Crippen LogP contribution in [0.5, 0.6) is 11.5 Å². The van der Waals surface area contributed by atoms with Crippen molar-refractivity contribution in [1.29, 1.82) is 0 Å². The summed E-state index contributed by atoms with van der Waals surface area (Å²) in [7, 11) is -0.361. The summed E-state index contributed by atoms with van der Waals surface area (Å²) in [5.41, 5.74) is 4.20. The van der Waals surface area contributed by atoms with Gasteiger partial charge in [0.2, 0.25) is 0 Å². The van der Waals surface area contributed by atoms with Crippen LogP contribution in [-0.2, 0) is 9.31 Å². The van der Waals surface area contributed by atoms with Crippen molar-refractivity contribution >= 4 is 23.4 Å². The third-order valence-electron chi connectivity index (χ3n) is 5.69. The maximum atomic E-state index is 6.28. The Balaban J connectivity index is 1.77. The summed E-state index contributed by atoms with van der Waals surface area (Å²) in [4.78, 5) is 0. The van der Waals surface area contributed by atoms with E-state index in [9.17, 15) is 0 Å². The first-order valence-electron chi connectivity index (χ1n) is 9.12. The van der Waals surface area contributed by atoms with E-state index in [4.69, 9.17) is 14.0 Å².